The average molecular weight is 369 g/mol. The van der Waals surface area contributed by atoms with Gasteiger partial charge in [-0.05, 0) is 41.5 Å². The third kappa shape index (κ3) is 11.1. The summed E-state index contributed by atoms with van der Waals surface area (Å²) in [5.41, 5.74) is -1.76. The monoisotopic (exact) mass is 369 g/mol. The summed E-state index contributed by atoms with van der Waals surface area (Å²) in [6, 6.07) is -1.49. The van der Waals surface area contributed by atoms with Gasteiger partial charge in [-0.2, -0.15) is 8.78 Å². The van der Waals surface area contributed by atoms with Crippen LogP contribution in [0, 0.1) is 0 Å². The molecule has 1 unspecified atom stereocenters. The number of amides is 1. The molecule has 25 heavy (non-hydrogen) atoms. The van der Waals surface area contributed by atoms with Crippen molar-refractivity contribution in [1.29, 1.82) is 0 Å². The normalized spacial score (nSPS) is 13.6. The van der Waals surface area contributed by atoms with Crippen LogP contribution in [0.15, 0.2) is 0 Å². The number of rotatable bonds is 6. The van der Waals surface area contributed by atoms with Crippen molar-refractivity contribution in [3.05, 3.63) is 0 Å². The van der Waals surface area contributed by atoms with Crippen molar-refractivity contribution in [2.75, 3.05) is 6.61 Å². The van der Waals surface area contributed by atoms with Crippen molar-refractivity contribution in [2.24, 2.45) is 0 Å². The number of carboxylic acids is 1. The molecule has 0 radical (unpaired) electrons. The Morgan fingerprint density at radius 2 is 1.48 bits per heavy atom. The number of aliphatic carboxylic acids is 1. The lowest BCUT2D eigenvalue weighted by atomic mass is 10.1. The van der Waals surface area contributed by atoms with Crippen molar-refractivity contribution in [3.63, 3.8) is 0 Å². The van der Waals surface area contributed by atoms with Crippen LogP contribution in [-0.2, 0) is 19.0 Å². The van der Waals surface area contributed by atoms with E-state index in [0.29, 0.717) is 0 Å². The van der Waals surface area contributed by atoms with Gasteiger partial charge in [0.1, 0.15) is 17.8 Å². The van der Waals surface area contributed by atoms with Gasteiger partial charge in [-0.25, -0.2) is 14.4 Å². The molecular weight excluding hydrogens is 344 g/mol. The standard InChI is InChI=1S/C15H25F2NO7/c1-13(2,3)24-11(21)18-9(7-15(16,17)10(19)20)8-23-12(22)25-14(4,5)6/h9H,7-8H2,1-6H3,(H,18,21)(H,19,20). The first-order chi connectivity index (χ1) is 11.0. The van der Waals surface area contributed by atoms with Crippen LogP contribution in [-0.4, -0.2) is 53.1 Å². The number of ether oxygens (including phenoxy) is 3. The number of hydrogen-bond acceptors (Lipinski definition) is 6. The summed E-state index contributed by atoms with van der Waals surface area (Å²) in [7, 11) is 0. The number of alkyl halides is 2. The predicted octanol–water partition coefficient (Wildman–Crippen LogP) is 2.94. The number of carboxylic acid groups (broad SMARTS) is 1. The summed E-state index contributed by atoms with van der Waals surface area (Å²) in [5.74, 6) is -6.49. The summed E-state index contributed by atoms with van der Waals surface area (Å²) in [6.45, 7) is 8.69. The van der Waals surface area contributed by atoms with E-state index in [-0.39, 0.29) is 0 Å². The fourth-order valence-corrected chi connectivity index (χ4v) is 1.47. The largest absolute Gasteiger partial charge is 0.508 e. The highest BCUT2D eigenvalue weighted by Crippen LogP contribution is 2.21. The van der Waals surface area contributed by atoms with Crippen LogP contribution in [0.5, 0.6) is 0 Å². The highest BCUT2D eigenvalue weighted by Gasteiger charge is 2.42. The number of halogens is 2. The molecule has 1 amide bonds. The van der Waals surface area contributed by atoms with Gasteiger partial charge in [0.15, 0.2) is 0 Å². The quantitative estimate of drug-likeness (QED) is 0.692. The van der Waals surface area contributed by atoms with Crippen molar-refractivity contribution >= 4 is 18.2 Å². The van der Waals surface area contributed by atoms with E-state index in [4.69, 9.17) is 14.6 Å². The number of hydrogen-bond donors (Lipinski definition) is 2. The minimum Gasteiger partial charge on any atom is -0.477 e. The maximum Gasteiger partial charge on any atom is 0.508 e. The summed E-state index contributed by atoms with van der Waals surface area (Å²) in [6.07, 6.45) is -3.47. The molecule has 0 saturated heterocycles. The Bertz CT molecular complexity index is 495. The molecule has 0 bridgehead atoms. The average Bonchev–Trinajstić information content (AvgIpc) is 2.30. The first kappa shape index (κ1) is 22.9. The second-order valence-corrected chi connectivity index (χ2v) is 7.33. The molecular formula is C15H25F2NO7. The molecule has 0 aliphatic carbocycles. The number of carbonyl (C=O) groups excluding carboxylic acids is 2. The Morgan fingerprint density at radius 3 is 1.88 bits per heavy atom. The third-order valence-corrected chi connectivity index (χ3v) is 2.33. The van der Waals surface area contributed by atoms with Crippen molar-refractivity contribution in [1.82, 2.24) is 5.32 Å². The minimum atomic E-state index is -4.13. The zero-order valence-corrected chi connectivity index (χ0v) is 15.1. The molecule has 8 nitrogen and oxygen atoms in total. The fraction of sp³-hybridized carbons (Fsp3) is 0.800. The van der Waals surface area contributed by atoms with Gasteiger partial charge in [0.2, 0.25) is 0 Å². The van der Waals surface area contributed by atoms with E-state index in [9.17, 15) is 23.2 Å². The number of alkyl carbamates (subject to hydrolysis) is 1. The zero-order chi connectivity index (χ0) is 20.1. The Hall–Kier alpha value is -2.13. The van der Waals surface area contributed by atoms with E-state index >= 15 is 0 Å². The zero-order valence-electron chi connectivity index (χ0n) is 15.1. The first-order valence-corrected chi connectivity index (χ1v) is 7.48. The summed E-state index contributed by atoms with van der Waals surface area (Å²) < 4.78 is 41.3. The van der Waals surface area contributed by atoms with Crippen LogP contribution in [0.3, 0.4) is 0 Å². The molecule has 0 saturated carbocycles. The topological polar surface area (TPSA) is 111 Å². The summed E-state index contributed by atoms with van der Waals surface area (Å²) in [5, 5.41) is 10.6. The molecule has 10 heteroatoms. The van der Waals surface area contributed by atoms with E-state index in [2.05, 4.69) is 10.1 Å². The second kappa shape index (κ2) is 8.30. The Morgan fingerprint density at radius 1 is 1.00 bits per heavy atom. The third-order valence-electron chi connectivity index (χ3n) is 2.33. The maximum atomic E-state index is 13.4. The van der Waals surface area contributed by atoms with Crippen LogP contribution < -0.4 is 5.32 Å². The second-order valence-electron chi connectivity index (χ2n) is 7.33. The molecule has 146 valence electrons. The lowest BCUT2D eigenvalue weighted by molar-refractivity contribution is -0.166. The van der Waals surface area contributed by atoms with E-state index in [0.717, 1.165) is 0 Å². The van der Waals surface area contributed by atoms with Crippen LogP contribution in [0.4, 0.5) is 18.4 Å². The molecule has 0 aromatic carbocycles. The molecule has 0 aromatic heterocycles. The molecule has 0 rings (SSSR count). The molecule has 0 aliphatic heterocycles. The van der Waals surface area contributed by atoms with Gasteiger partial charge in [0, 0.05) is 6.42 Å². The van der Waals surface area contributed by atoms with Gasteiger partial charge >= 0.3 is 24.1 Å². The molecule has 0 heterocycles. The molecule has 1 atom stereocenters. The van der Waals surface area contributed by atoms with Gasteiger partial charge in [-0.3, -0.25) is 0 Å². The van der Waals surface area contributed by atoms with Crippen LogP contribution in [0.25, 0.3) is 0 Å². The van der Waals surface area contributed by atoms with Crippen molar-refractivity contribution in [2.45, 2.75) is 71.1 Å². The van der Waals surface area contributed by atoms with Crippen LogP contribution >= 0.6 is 0 Å². The fourth-order valence-electron chi connectivity index (χ4n) is 1.47. The van der Waals surface area contributed by atoms with Crippen LogP contribution in [0.2, 0.25) is 0 Å². The Balaban J connectivity index is 4.93. The SMILES string of the molecule is CC(C)(C)OC(=O)NC(COC(=O)OC(C)(C)C)CC(F)(F)C(=O)O. The highest BCUT2D eigenvalue weighted by molar-refractivity contribution is 5.75. The lowest BCUT2D eigenvalue weighted by Gasteiger charge is -2.25. The van der Waals surface area contributed by atoms with Crippen LogP contribution in [0.1, 0.15) is 48.0 Å². The van der Waals surface area contributed by atoms with Gasteiger partial charge in [0.05, 0.1) is 6.04 Å². The number of nitrogens with one attached hydrogen (secondary N) is 1. The first-order valence-electron chi connectivity index (χ1n) is 7.48. The lowest BCUT2D eigenvalue weighted by Crippen LogP contribution is -2.46. The number of carbonyl (C=O) groups is 3. The maximum absolute atomic E-state index is 13.4. The van der Waals surface area contributed by atoms with Gasteiger partial charge in [-0.15, -0.1) is 0 Å². The molecule has 2 N–H and O–H groups in total. The van der Waals surface area contributed by atoms with E-state index in [1.807, 2.05) is 0 Å². The summed E-state index contributed by atoms with van der Waals surface area (Å²) >= 11 is 0. The summed E-state index contributed by atoms with van der Waals surface area (Å²) in [4.78, 5) is 33.8. The van der Waals surface area contributed by atoms with Crippen molar-refractivity contribution < 1.29 is 42.5 Å². The smallest absolute Gasteiger partial charge is 0.477 e. The van der Waals surface area contributed by atoms with E-state index < -0.39 is 54.4 Å². The Kier molecular flexibility index (Phi) is 7.60. The van der Waals surface area contributed by atoms with E-state index in [1.165, 1.54) is 0 Å². The molecule has 0 aliphatic rings. The Labute approximate surface area is 144 Å². The van der Waals surface area contributed by atoms with E-state index in [1.54, 1.807) is 41.5 Å². The minimum absolute atomic E-state index is 0.711. The van der Waals surface area contributed by atoms with Crippen molar-refractivity contribution in [3.8, 4) is 0 Å². The van der Waals surface area contributed by atoms with Gasteiger partial charge < -0.3 is 24.6 Å². The van der Waals surface area contributed by atoms with Gasteiger partial charge in [-0.1, -0.05) is 0 Å². The highest BCUT2D eigenvalue weighted by atomic mass is 19.3. The molecule has 0 fully saturated rings. The van der Waals surface area contributed by atoms with Gasteiger partial charge in [0.25, 0.3) is 0 Å². The molecule has 0 aromatic rings. The predicted molar refractivity (Wildman–Crippen MR) is 82.5 cm³/mol. The molecule has 0 spiro atoms.